The van der Waals surface area contributed by atoms with Crippen LogP contribution in [-0.2, 0) is 0 Å². The van der Waals surface area contributed by atoms with E-state index in [-0.39, 0.29) is 17.0 Å². The van der Waals surface area contributed by atoms with Crippen LogP contribution in [0, 0.1) is 0 Å². The zero-order valence-electron chi connectivity index (χ0n) is 8.45. The van der Waals surface area contributed by atoms with Gasteiger partial charge in [-0.2, -0.15) is 0 Å². The number of ether oxygens (including phenoxy) is 1. The molecule has 0 aliphatic carbocycles. The molecule has 0 spiro atoms. The van der Waals surface area contributed by atoms with Gasteiger partial charge < -0.3 is 17.0 Å². The molecule has 1 nitrogen and oxygen atoms in total. The second kappa shape index (κ2) is 6.36. The molecule has 0 radical (unpaired) electrons. The van der Waals surface area contributed by atoms with Gasteiger partial charge in [0.2, 0.25) is 0 Å². The molecule has 3 heteroatoms. The number of hydrogen-bond donors (Lipinski definition) is 0. The van der Waals surface area contributed by atoms with Gasteiger partial charge in [-0.15, -0.1) is 0 Å². The third kappa shape index (κ3) is 3.10. The van der Waals surface area contributed by atoms with Crippen LogP contribution >= 0.6 is 0 Å². The summed E-state index contributed by atoms with van der Waals surface area (Å²) in [5.41, 5.74) is 0. The van der Waals surface area contributed by atoms with Crippen LogP contribution in [0.4, 0.5) is 0 Å². The monoisotopic (exact) mass is 274 g/mol. The van der Waals surface area contributed by atoms with Crippen molar-refractivity contribution in [3.8, 4) is 5.75 Å². The van der Waals surface area contributed by atoms with Gasteiger partial charge in [-0.1, -0.05) is 0 Å². The Labute approximate surface area is 113 Å². The molecule has 0 heterocycles. The maximum absolute atomic E-state index is 5.68. The van der Waals surface area contributed by atoms with Crippen molar-refractivity contribution in [3.05, 3.63) is 42.5 Å². The van der Waals surface area contributed by atoms with Crippen LogP contribution in [0.5, 0.6) is 5.75 Å². The average Bonchev–Trinajstić information content (AvgIpc) is 2.26. The minimum atomic E-state index is 0. The molecule has 2 aromatic carbocycles. The summed E-state index contributed by atoms with van der Waals surface area (Å²) in [6, 6.07) is 14.5. The Hall–Kier alpha value is -0.254. The Kier molecular flexibility index (Phi) is 5.43. The van der Waals surface area contributed by atoms with Crippen LogP contribution in [-0.4, -0.2) is 28.3 Å². The Balaban J connectivity index is 0.00000112. The summed E-state index contributed by atoms with van der Waals surface area (Å²) in [5, 5.41) is 2.44. The molecule has 2 rings (SSSR count). The van der Waals surface area contributed by atoms with Gasteiger partial charge in [-0.25, -0.2) is 0 Å². The van der Waals surface area contributed by atoms with Crippen molar-refractivity contribution in [1.82, 2.24) is 0 Å². The molecule has 0 N–H and O–H groups in total. The van der Waals surface area contributed by atoms with E-state index >= 15 is 0 Å². The summed E-state index contributed by atoms with van der Waals surface area (Å²) >= 11 is 1.93. The van der Waals surface area contributed by atoms with Gasteiger partial charge in [0.25, 0.3) is 0 Å². The molecule has 0 aromatic heterocycles. The third-order valence-electron chi connectivity index (χ3n) is 2.15. The van der Waals surface area contributed by atoms with Gasteiger partial charge in [-0.3, -0.25) is 0 Å². The molecule has 0 amide bonds. The van der Waals surface area contributed by atoms with Gasteiger partial charge in [0.05, 0.1) is 0 Å². The Morgan fingerprint density at radius 1 is 1.00 bits per heavy atom. The van der Waals surface area contributed by atoms with E-state index in [1.54, 1.807) is 0 Å². The second-order valence-corrected chi connectivity index (χ2v) is 3.89. The molecule has 0 aliphatic heterocycles. The van der Waals surface area contributed by atoms with Crippen molar-refractivity contribution in [2.24, 2.45) is 0 Å². The topological polar surface area (TPSA) is 9.23 Å². The van der Waals surface area contributed by atoms with E-state index < -0.39 is 0 Å². The Morgan fingerprint density at radius 2 is 1.73 bits per heavy atom. The van der Waals surface area contributed by atoms with Crippen molar-refractivity contribution < 1.29 is 21.7 Å². The standard InChI is InChI=1S/C12H11O.BrH.Mg/c1-2-13-12-9-5-7-10-6-3-4-8-11(10)12;;/h3-9H,1-2H2;1H;/q;;+1/p-1. The fourth-order valence-electron chi connectivity index (χ4n) is 1.50. The summed E-state index contributed by atoms with van der Waals surface area (Å²) in [7, 11) is 0. The number of rotatable bonds is 3. The fraction of sp³-hybridized carbons (Fsp3) is 0.167. The normalized spacial score (nSPS) is 9.73. The van der Waals surface area contributed by atoms with Gasteiger partial charge in [0, 0.05) is 0 Å². The van der Waals surface area contributed by atoms with Gasteiger partial charge in [0.1, 0.15) is 0 Å². The van der Waals surface area contributed by atoms with Crippen LogP contribution in [0.1, 0.15) is 0 Å². The third-order valence-corrected chi connectivity index (χ3v) is 2.44. The first kappa shape index (κ1) is 12.8. The van der Waals surface area contributed by atoms with Crippen molar-refractivity contribution in [2.75, 3.05) is 6.61 Å². The molecule has 0 aliphatic rings. The number of halogens is 1. The molecular weight excluding hydrogens is 264 g/mol. The van der Waals surface area contributed by atoms with Gasteiger partial charge >= 0.3 is 96.6 Å². The summed E-state index contributed by atoms with van der Waals surface area (Å²) in [6.45, 7) is 0.798. The van der Waals surface area contributed by atoms with E-state index in [9.17, 15) is 0 Å². The minimum absolute atomic E-state index is 0. The Bertz CT molecular complexity index is 425. The maximum atomic E-state index is 5.68. The van der Waals surface area contributed by atoms with Crippen LogP contribution in [0.3, 0.4) is 0 Å². The van der Waals surface area contributed by atoms with Crippen molar-refractivity contribution in [1.29, 1.82) is 0 Å². The fourth-order valence-corrected chi connectivity index (χ4v) is 1.65. The zero-order chi connectivity index (χ0) is 9.80. The molecular formula is C12H11BrMgO. The second-order valence-electron chi connectivity index (χ2n) is 3.18. The van der Waals surface area contributed by atoms with Crippen LogP contribution in [0.2, 0.25) is 4.55 Å². The summed E-state index contributed by atoms with van der Waals surface area (Å²) < 4.78 is 6.75. The molecule has 0 bridgehead atoms. The molecule has 0 saturated heterocycles. The molecule has 0 fully saturated rings. The van der Waals surface area contributed by atoms with Crippen molar-refractivity contribution in [3.63, 3.8) is 0 Å². The van der Waals surface area contributed by atoms with E-state index in [4.69, 9.17) is 4.74 Å². The number of fused-ring (bicyclic) bond motifs is 1. The molecule has 15 heavy (non-hydrogen) atoms. The molecule has 74 valence electrons. The van der Waals surface area contributed by atoms with Crippen LogP contribution in [0.15, 0.2) is 42.5 Å². The van der Waals surface area contributed by atoms with Crippen LogP contribution < -0.4 is 21.7 Å². The zero-order valence-corrected chi connectivity index (χ0v) is 11.4. The van der Waals surface area contributed by atoms with E-state index in [0.717, 1.165) is 16.9 Å². The number of hydrogen-bond acceptors (Lipinski definition) is 1. The first-order chi connectivity index (χ1) is 6.92. The van der Waals surface area contributed by atoms with Gasteiger partial charge in [-0.05, 0) is 0 Å². The van der Waals surface area contributed by atoms with Crippen molar-refractivity contribution in [2.45, 2.75) is 4.55 Å². The summed E-state index contributed by atoms with van der Waals surface area (Å²) in [4.78, 5) is 0. The average molecular weight is 275 g/mol. The molecule has 2 aromatic rings. The Morgan fingerprint density at radius 3 is 2.53 bits per heavy atom. The van der Waals surface area contributed by atoms with E-state index in [1.165, 1.54) is 10.8 Å². The SMILES string of the molecule is [Br-].[Mg+][CH2]COc1cccc2ccccc12. The van der Waals surface area contributed by atoms with Crippen LogP contribution in [0.25, 0.3) is 10.8 Å². The molecule has 0 saturated carbocycles. The quantitative estimate of drug-likeness (QED) is 0.706. The van der Waals surface area contributed by atoms with Crippen molar-refractivity contribution >= 4 is 32.5 Å². The van der Waals surface area contributed by atoms with E-state index in [0.29, 0.717) is 0 Å². The summed E-state index contributed by atoms with van der Waals surface area (Å²) in [6.07, 6.45) is 0. The first-order valence-electron chi connectivity index (χ1n) is 4.81. The predicted octanol–water partition coefficient (Wildman–Crippen LogP) is -0.191. The summed E-state index contributed by atoms with van der Waals surface area (Å²) in [5.74, 6) is 0.995. The van der Waals surface area contributed by atoms with Gasteiger partial charge in [0.15, 0.2) is 0 Å². The number of benzene rings is 2. The van der Waals surface area contributed by atoms with E-state index in [2.05, 4.69) is 18.2 Å². The molecule has 0 unspecified atom stereocenters. The first-order valence-corrected chi connectivity index (χ1v) is 5.81. The molecule has 0 atom stereocenters. The van der Waals surface area contributed by atoms with E-state index in [1.807, 2.05) is 46.0 Å². The predicted molar refractivity (Wildman–Crippen MR) is 60.0 cm³/mol.